The van der Waals surface area contributed by atoms with Crippen LogP contribution in [0.15, 0.2) is 5.18 Å². The van der Waals surface area contributed by atoms with Gasteiger partial charge in [-0.05, 0) is 12.8 Å². The van der Waals surface area contributed by atoms with Crippen LogP contribution >= 0.6 is 11.8 Å². The van der Waals surface area contributed by atoms with Gasteiger partial charge in [0.2, 0.25) is 11.8 Å². The highest BCUT2D eigenvalue weighted by Crippen LogP contribution is 2.22. The molecule has 164 valence electrons. The molecule has 0 aromatic rings. The monoisotopic (exact) mass is 423 g/mol. The van der Waals surface area contributed by atoms with Gasteiger partial charge in [-0.3, -0.25) is 14.4 Å². The van der Waals surface area contributed by atoms with Crippen LogP contribution in [0.4, 0.5) is 0 Å². The molecule has 3 atom stereocenters. The number of hydrogen-bond acceptors (Lipinski definition) is 7. The average Bonchev–Trinajstić information content (AvgIpc) is 2.74. The molecule has 10 heteroatoms. The molecule has 9 nitrogen and oxygen atoms in total. The molecular formula is C18H34ClN3O6. The Hall–Kier alpha value is -1.29. The normalized spacial score (nSPS) is 21.2. The molecule has 2 amide bonds. The summed E-state index contributed by atoms with van der Waals surface area (Å²) in [6, 6.07) is -0.420. The van der Waals surface area contributed by atoms with Crippen LogP contribution in [0.3, 0.4) is 0 Å². The number of aliphatic hydroxyl groups is 1. The largest absolute Gasteiger partial charge is 0.394 e. The minimum Gasteiger partial charge on any atom is -0.394 e. The summed E-state index contributed by atoms with van der Waals surface area (Å²) in [6.07, 6.45) is 3.79. The second-order valence-electron chi connectivity index (χ2n) is 6.25. The molecule has 1 saturated heterocycles. The molecule has 0 aromatic heterocycles. The molecule has 28 heavy (non-hydrogen) atoms. The summed E-state index contributed by atoms with van der Waals surface area (Å²) in [5.74, 6) is -0.246. The van der Waals surface area contributed by atoms with Crippen LogP contribution in [0.5, 0.6) is 0 Å². The SMILES string of the molecule is CC.O=NC1CC(CO)OC(OCCNC(=O)CCCCCCC(=O)NCl)C1. The predicted molar refractivity (Wildman–Crippen MR) is 107 cm³/mol. The fourth-order valence-electron chi connectivity index (χ4n) is 2.70. The summed E-state index contributed by atoms with van der Waals surface area (Å²) in [7, 11) is 0. The zero-order valence-corrected chi connectivity index (χ0v) is 17.6. The molecule has 3 N–H and O–H groups in total. The fraction of sp³-hybridized carbons (Fsp3) is 0.889. The first-order chi connectivity index (χ1) is 13.6. The highest BCUT2D eigenvalue weighted by molar-refractivity contribution is 6.21. The molecule has 0 radical (unpaired) electrons. The molecule has 0 bridgehead atoms. The summed E-state index contributed by atoms with van der Waals surface area (Å²) >= 11 is 5.17. The van der Waals surface area contributed by atoms with Crippen LogP contribution in [0.2, 0.25) is 0 Å². The summed E-state index contributed by atoms with van der Waals surface area (Å²) in [4.78, 5) is 35.4. The van der Waals surface area contributed by atoms with E-state index in [1.165, 1.54) is 0 Å². The lowest BCUT2D eigenvalue weighted by Crippen LogP contribution is -2.39. The van der Waals surface area contributed by atoms with E-state index in [0.29, 0.717) is 32.2 Å². The smallest absolute Gasteiger partial charge is 0.234 e. The Morgan fingerprint density at radius 1 is 1.14 bits per heavy atom. The van der Waals surface area contributed by atoms with Gasteiger partial charge in [0, 0.05) is 44.0 Å². The zero-order valence-electron chi connectivity index (χ0n) is 16.8. The van der Waals surface area contributed by atoms with Crippen molar-refractivity contribution < 1.29 is 24.2 Å². The second kappa shape index (κ2) is 17.8. The van der Waals surface area contributed by atoms with Crippen molar-refractivity contribution in [3.8, 4) is 0 Å². The van der Waals surface area contributed by atoms with Crippen molar-refractivity contribution >= 4 is 23.6 Å². The lowest BCUT2D eigenvalue weighted by Gasteiger charge is -2.31. The number of nitrogens with zero attached hydrogens (tertiary/aromatic N) is 1. The van der Waals surface area contributed by atoms with Crippen LogP contribution in [0.1, 0.15) is 65.2 Å². The third-order valence-electron chi connectivity index (χ3n) is 4.09. The number of ether oxygens (including phenoxy) is 2. The van der Waals surface area contributed by atoms with Crippen molar-refractivity contribution in [1.29, 1.82) is 0 Å². The molecule has 0 aromatic carbocycles. The Labute approximate surface area is 171 Å². The van der Waals surface area contributed by atoms with Crippen molar-refractivity contribution in [2.24, 2.45) is 5.18 Å². The quantitative estimate of drug-likeness (QED) is 0.237. The van der Waals surface area contributed by atoms with E-state index < -0.39 is 18.4 Å². The lowest BCUT2D eigenvalue weighted by molar-refractivity contribution is -0.203. The maximum Gasteiger partial charge on any atom is 0.234 e. The minimum absolute atomic E-state index is 0.0580. The van der Waals surface area contributed by atoms with Crippen molar-refractivity contribution in [1.82, 2.24) is 10.2 Å². The van der Waals surface area contributed by atoms with Gasteiger partial charge >= 0.3 is 0 Å². The van der Waals surface area contributed by atoms with Crippen LogP contribution in [-0.4, -0.2) is 55.1 Å². The molecule has 1 aliphatic heterocycles. The van der Waals surface area contributed by atoms with Crippen LogP contribution < -0.4 is 10.2 Å². The first-order valence-corrected chi connectivity index (χ1v) is 10.3. The second-order valence-corrected chi connectivity index (χ2v) is 6.44. The zero-order chi connectivity index (χ0) is 21.2. The number of unbranched alkanes of at least 4 members (excludes halogenated alkanes) is 3. The third kappa shape index (κ3) is 13.0. The summed E-state index contributed by atoms with van der Waals surface area (Å²) in [6.45, 7) is 4.42. The third-order valence-corrected chi connectivity index (χ3v) is 4.30. The van der Waals surface area contributed by atoms with E-state index in [0.717, 1.165) is 25.7 Å². The Morgan fingerprint density at radius 3 is 2.36 bits per heavy atom. The Balaban J connectivity index is 0.00000352. The maximum absolute atomic E-state index is 11.7. The Kier molecular flexibility index (Phi) is 17.0. The number of rotatable bonds is 13. The molecule has 1 aliphatic rings. The van der Waals surface area contributed by atoms with E-state index >= 15 is 0 Å². The average molecular weight is 424 g/mol. The molecular weight excluding hydrogens is 390 g/mol. The van der Waals surface area contributed by atoms with Gasteiger partial charge in [-0.1, -0.05) is 31.9 Å². The number of nitrogens with one attached hydrogen (secondary N) is 2. The fourth-order valence-corrected chi connectivity index (χ4v) is 2.79. The standard InChI is InChI=1S/C16H28ClN3O6.C2H6/c17-19-15(23)6-4-2-1-3-5-14(22)18-7-8-25-16-10-12(20-24)9-13(11-21)26-16;1-2/h12-13,16,21H,1-11H2,(H,18,22)(H,19,23);1-2H3. The van der Waals surface area contributed by atoms with Crippen molar-refractivity contribution in [3.63, 3.8) is 0 Å². The highest BCUT2D eigenvalue weighted by atomic mass is 35.5. The minimum atomic E-state index is -0.592. The number of carbonyl (C=O) groups is 2. The number of hydrogen-bond donors (Lipinski definition) is 3. The molecule has 0 saturated carbocycles. The molecule has 3 unspecified atom stereocenters. The van der Waals surface area contributed by atoms with Gasteiger partial charge in [0.15, 0.2) is 6.29 Å². The Bertz CT molecular complexity index is 442. The van der Waals surface area contributed by atoms with Crippen molar-refractivity contribution in [2.45, 2.75) is 83.6 Å². The molecule has 1 heterocycles. The topological polar surface area (TPSA) is 126 Å². The van der Waals surface area contributed by atoms with E-state index in [2.05, 4.69) is 15.3 Å². The number of nitroso groups, excluding NO2 is 1. The molecule has 0 aliphatic carbocycles. The predicted octanol–water partition coefficient (Wildman–Crippen LogP) is 2.39. The maximum atomic E-state index is 11.7. The number of amides is 2. The summed E-state index contributed by atoms with van der Waals surface area (Å²) < 4.78 is 11.0. The van der Waals surface area contributed by atoms with Crippen molar-refractivity contribution in [3.05, 3.63) is 4.91 Å². The number of aliphatic hydroxyl groups excluding tert-OH is 1. The van der Waals surface area contributed by atoms with Crippen LogP contribution in [0.25, 0.3) is 0 Å². The van der Waals surface area contributed by atoms with Gasteiger partial charge < -0.3 is 19.9 Å². The number of halogens is 1. The first kappa shape index (κ1) is 26.7. The summed E-state index contributed by atoms with van der Waals surface area (Å²) in [5, 5.41) is 14.9. The number of carbonyl (C=O) groups excluding carboxylic acids is 2. The van der Waals surface area contributed by atoms with Gasteiger partial charge in [0.05, 0.1) is 25.4 Å². The van der Waals surface area contributed by atoms with Crippen molar-refractivity contribution in [2.75, 3.05) is 19.8 Å². The Morgan fingerprint density at radius 2 is 1.79 bits per heavy atom. The summed E-state index contributed by atoms with van der Waals surface area (Å²) in [5.41, 5.74) is 0. The molecule has 1 rings (SSSR count). The molecule has 0 spiro atoms. The first-order valence-electron chi connectivity index (χ1n) is 9.95. The van der Waals surface area contributed by atoms with E-state index in [1.54, 1.807) is 0 Å². The lowest BCUT2D eigenvalue weighted by atomic mass is 10.0. The van der Waals surface area contributed by atoms with Gasteiger partial charge in [0.25, 0.3) is 0 Å². The van der Waals surface area contributed by atoms with Crippen LogP contribution in [-0.2, 0) is 19.1 Å². The van der Waals surface area contributed by atoms with Gasteiger partial charge in [0.1, 0.15) is 0 Å². The van der Waals surface area contributed by atoms with Gasteiger partial charge in [-0.25, -0.2) is 0 Å². The molecule has 1 fully saturated rings. The van der Waals surface area contributed by atoms with Gasteiger partial charge in [-0.2, -0.15) is 4.91 Å². The van der Waals surface area contributed by atoms with E-state index in [1.807, 2.05) is 13.8 Å². The van der Waals surface area contributed by atoms with E-state index in [9.17, 15) is 14.5 Å². The van der Waals surface area contributed by atoms with E-state index in [4.69, 9.17) is 26.4 Å². The highest BCUT2D eigenvalue weighted by Gasteiger charge is 2.30. The van der Waals surface area contributed by atoms with Gasteiger partial charge in [-0.15, -0.1) is 0 Å². The van der Waals surface area contributed by atoms with Crippen LogP contribution in [0, 0.1) is 4.91 Å². The van der Waals surface area contributed by atoms with E-state index in [-0.39, 0.29) is 25.0 Å².